The van der Waals surface area contributed by atoms with Crippen LogP contribution < -0.4 is 5.32 Å². The van der Waals surface area contributed by atoms with Crippen LogP contribution in [0.2, 0.25) is 0 Å². The summed E-state index contributed by atoms with van der Waals surface area (Å²) in [6.45, 7) is 1.57. The van der Waals surface area contributed by atoms with Crippen LogP contribution in [0.1, 0.15) is 12.5 Å². The first-order valence-electron chi connectivity index (χ1n) is 5.36. The highest BCUT2D eigenvalue weighted by Crippen LogP contribution is 2.26. The summed E-state index contributed by atoms with van der Waals surface area (Å²) in [6, 6.07) is 4.16. The minimum Gasteiger partial charge on any atom is -0.480 e. The average Bonchev–Trinajstić information content (AvgIpc) is 2.34. The van der Waals surface area contributed by atoms with Crippen molar-refractivity contribution in [3.05, 3.63) is 44.5 Å². The standard InChI is InChI=1S/C11H12BrFN4O2/c1-11(10(18)19,15-4-5-16-17-14)8-3-2-7(12)6-9(8)13/h2-3,6,15H,4-5H2,1H3,(H,18,19). The quantitative estimate of drug-likeness (QED) is 0.363. The van der Waals surface area contributed by atoms with Gasteiger partial charge in [-0.05, 0) is 24.6 Å². The van der Waals surface area contributed by atoms with E-state index in [2.05, 4.69) is 31.3 Å². The van der Waals surface area contributed by atoms with Crippen LogP contribution in [0.25, 0.3) is 10.4 Å². The van der Waals surface area contributed by atoms with Crippen molar-refractivity contribution in [2.75, 3.05) is 13.1 Å². The molecule has 0 saturated carbocycles. The second-order valence-electron chi connectivity index (χ2n) is 3.94. The maximum atomic E-state index is 13.9. The van der Waals surface area contributed by atoms with Crippen LogP contribution >= 0.6 is 15.9 Å². The first kappa shape index (κ1) is 15.4. The Morgan fingerprint density at radius 2 is 2.37 bits per heavy atom. The molecule has 1 rings (SSSR count). The number of carboxylic acids is 1. The number of rotatable bonds is 6. The zero-order valence-electron chi connectivity index (χ0n) is 10.1. The van der Waals surface area contributed by atoms with Crippen molar-refractivity contribution in [3.8, 4) is 0 Å². The molecule has 8 heteroatoms. The lowest BCUT2D eigenvalue weighted by Crippen LogP contribution is -2.48. The fourth-order valence-electron chi connectivity index (χ4n) is 1.58. The molecule has 0 aliphatic carbocycles. The van der Waals surface area contributed by atoms with Crippen LogP contribution in [0.5, 0.6) is 0 Å². The highest BCUT2D eigenvalue weighted by atomic mass is 79.9. The monoisotopic (exact) mass is 330 g/mol. The van der Waals surface area contributed by atoms with E-state index in [0.29, 0.717) is 4.47 Å². The van der Waals surface area contributed by atoms with Crippen LogP contribution in [0.4, 0.5) is 4.39 Å². The zero-order valence-corrected chi connectivity index (χ0v) is 11.7. The number of hydrogen-bond donors (Lipinski definition) is 2. The van der Waals surface area contributed by atoms with Gasteiger partial charge in [0, 0.05) is 28.0 Å². The molecule has 0 aromatic heterocycles. The normalized spacial score (nSPS) is 13.4. The molecule has 0 aliphatic heterocycles. The first-order valence-corrected chi connectivity index (χ1v) is 6.16. The molecule has 0 spiro atoms. The van der Waals surface area contributed by atoms with Crippen molar-refractivity contribution >= 4 is 21.9 Å². The molecule has 19 heavy (non-hydrogen) atoms. The van der Waals surface area contributed by atoms with Gasteiger partial charge in [-0.2, -0.15) is 0 Å². The van der Waals surface area contributed by atoms with Crippen LogP contribution in [-0.2, 0) is 10.3 Å². The Morgan fingerprint density at radius 1 is 1.68 bits per heavy atom. The van der Waals surface area contributed by atoms with Gasteiger partial charge >= 0.3 is 5.97 Å². The van der Waals surface area contributed by atoms with E-state index in [1.54, 1.807) is 6.07 Å². The molecular weight excluding hydrogens is 319 g/mol. The van der Waals surface area contributed by atoms with E-state index < -0.39 is 17.3 Å². The van der Waals surface area contributed by atoms with E-state index in [4.69, 9.17) is 5.53 Å². The van der Waals surface area contributed by atoms with Crippen molar-refractivity contribution in [1.29, 1.82) is 0 Å². The van der Waals surface area contributed by atoms with E-state index in [1.807, 2.05) is 0 Å². The molecule has 0 aliphatic rings. The summed E-state index contributed by atoms with van der Waals surface area (Å²) in [6.07, 6.45) is 0. The summed E-state index contributed by atoms with van der Waals surface area (Å²) in [4.78, 5) is 13.9. The average molecular weight is 331 g/mol. The number of aliphatic carboxylic acids is 1. The van der Waals surface area contributed by atoms with Crippen LogP contribution in [0.15, 0.2) is 27.8 Å². The molecule has 0 bridgehead atoms. The van der Waals surface area contributed by atoms with E-state index in [0.717, 1.165) is 0 Å². The van der Waals surface area contributed by atoms with E-state index in [1.165, 1.54) is 19.1 Å². The second-order valence-corrected chi connectivity index (χ2v) is 4.85. The molecule has 0 saturated heterocycles. The van der Waals surface area contributed by atoms with Gasteiger partial charge < -0.3 is 5.11 Å². The SMILES string of the molecule is CC(NCCN=[N+]=[N-])(C(=O)O)c1ccc(Br)cc1F. The fraction of sp³-hybridized carbons (Fsp3) is 0.364. The Labute approximate surface area is 117 Å². The molecule has 1 unspecified atom stereocenters. The van der Waals surface area contributed by atoms with E-state index in [-0.39, 0.29) is 18.7 Å². The first-order chi connectivity index (χ1) is 8.91. The maximum Gasteiger partial charge on any atom is 0.328 e. The highest BCUT2D eigenvalue weighted by Gasteiger charge is 2.36. The molecule has 0 amide bonds. The number of halogens is 2. The lowest BCUT2D eigenvalue weighted by molar-refractivity contribution is -0.144. The molecule has 1 aromatic carbocycles. The van der Waals surface area contributed by atoms with E-state index in [9.17, 15) is 14.3 Å². The van der Waals surface area contributed by atoms with E-state index >= 15 is 0 Å². The Kier molecular flexibility index (Phi) is 5.29. The fourth-order valence-corrected chi connectivity index (χ4v) is 1.91. The molecule has 0 radical (unpaired) electrons. The van der Waals surface area contributed by atoms with Gasteiger partial charge in [-0.3, -0.25) is 5.32 Å². The minimum atomic E-state index is -1.59. The Morgan fingerprint density at radius 3 is 2.89 bits per heavy atom. The van der Waals surface area contributed by atoms with Gasteiger partial charge in [0.1, 0.15) is 11.4 Å². The second kappa shape index (κ2) is 6.51. The van der Waals surface area contributed by atoms with Crippen LogP contribution in [0.3, 0.4) is 0 Å². The smallest absolute Gasteiger partial charge is 0.328 e. The highest BCUT2D eigenvalue weighted by molar-refractivity contribution is 9.10. The van der Waals surface area contributed by atoms with Crippen molar-refractivity contribution in [2.24, 2.45) is 5.11 Å². The number of hydrogen-bond acceptors (Lipinski definition) is 3. The number of azide groups is 1. The van der Waals surface area contributed by atoms with Crippen molar-refractivity contribution in [2.45, 2.75) is 12.5 Å². The van der Waals surface area contributed by atoms with Crippen LogP contribution in [0, 0.1) is 5.82 Å². The topological polar surface area (TPSA) is 98.1 Å². The molecular formula is C11H12BrFN4O2. The third-order valence-electron chi connectivity index (χ3n) is 2.65. The van der Waals surface area contributed by atoms with Crippen molar-refractivity contribution in [1.82, 2.24) is 5.32 Å². The minimum absolute atomic E-state index is 0.0177. The summed E-state index contributed by atoms with van der Waals surface area (Å²) >= 11 is 3.11. The number of carboxylic acid groups (broad SMARTS) is 1. The molecule has 102 valence electrons. The summed E-state index contributed by atoms with van der Waals surface area (Å²) in [7, 11) is 0. The molecule has 1 aromatic rings. The number of carbonyl (C=O) groups is 1. The number of nitrogens with zero attached hydrogens (tertiary/aromatic N) is 3. The van der Waals surface area contributed by atoms with Crippen molar-refractivity contribution in [3.63, 3.8) is 0 Å². The molecule has 2 N–H and O–H groups in total. The predicted octanol–water partition coefficient (Wildman–Crippen LogP) is 2.79. The Balaban J connectivity index is 3.04. The zero-order chi connectivity index (χ0) is 14.5. The maximum absolute atomic E-state index is 13.9. The van der Waals surface area contributed by atoms with Gasteiger partial charge in [0.05, 0.1) is 0 Å². The predicted molar refractivity (Wildman–Crippen MR) is 71.1 cm³/mol. The Hall–Kier alpha value is -1.63. The third kappa shape index (κ3) is 3.66. The molecule has 0 heterocycles. The Bertz CT molecular complexity index is 533. The summed E-state index contributed by atoms with van der Waals surface area (Å²) in [5.74, 6) is -1.84. The van der Waals surface area contributed by atoms with Gasteiger partial charge in [-0.25, -0.2) is 9.18 Å². The van der Waals surface area contributed by atoms with Gasteiger partial charge in [-0.1, -0.05) is 27.1 Å². The number of benzene rings is 1. The largest absolute Gasteiger partial charge is 0.480 e. The third-order valence-corrected chi connectivity index (χ3v) is 3.14. The van der Waals surface area contributed by atoms with Gasteiger partial charge in [0.25, 0.3) is 0 Å². The summed E-state index contributed by atoms with van der Waals surface area (Å²) in [5, 5.41) is 15.3. The lowest BCUT2D eigenvalue weighted by atomic mass is 9.91. The molecule has 0 fully saturated rings. The number of nitrogens with one attached hydrogen (secondary N) is 1. The van der Waals surface area contributed by atoms with Gasteiger partial charge in [0.2, 0.25) is 0 Å². The van der Waals surface area contributed by atoms with Crippen molar-refractivity contribution < 1.29 is 14.3 Å². The summed E-state index contributed by atoms with van der Waals surface area (Å²) in [5.41, 5.74) is 6.58. The lowest BCUT2D eigenvalue weighted by Gasteiger charge is -2.27. The van der Waals surface area contributed by atoms with Gasteiger partial charge in [-0.15, -0.1) is 0 Å². The van der Waals surface area contributed by atoms with Gasteiger partial charge in [0.15, 0.2) is 0 Å². The molecule has 6 nitrogen and oxygen atoms in total. The summed E-state index contributed by atoms with van der Waals surface area (Å²) < 4.78 is 14.4. The van der Waals surface area contributed by atoms with Crippen LogP contribution in [-0.4, -0.2) is 24.2 Å². The molecule has 1 atom stereocenters.